The number of carbonyl (C=O) groups is 2. The Kier molecular flexibility index (Phi) is 6.20. The van der Waals surface area contributed by atoms with Gasteiger partial charge in [-0.05, 0) is 50.1 Å². The van der Waals surface area contributed by atoms with Crippen LogP contribution < -0.4 is 5.32 Å². The van der Waals surface area contributed by atoms with Crippen LogP contribution in [-0.2, 0) is 9.53 Å². The van der Waals surface area contributed by atoms with Gasteiger partial charge in [-0.1, -0.05) is 0 Å². The molecule has 0 bridgehead atoms. The number of rotatable bonds is 5. The summed E-state index contributed by atoms with van der Waals surface area (Å²) in [7, 11) is 1.66. The van der Waals surface area contributed by atoms with Crippen LogP contribution in [0, 0.1) is 0 Å². The Morgan fingerprint density at radius 2 is 2.10 bits per heavy atom. The van der Waals surface area contributed by atoms with E-state index in [-0.39, 0.29) is 17.9 Å². The van der Waals surface area contributed by atoms with Crippen molar-refractivity contribution in [2.75, 3.05) is 20.1 Å². The van der Waals surface area contributed by atoms with Crippen molar-refractivity contribution in [2.24, 2.45) is 0 Å². The van der Waals surface area contributed by atoms with E-state index in [1.807, 2.05) is 44.5 Å². The molecule has 0 aliphatic heterocycles. The minimum absolute atomic E-state index is 0.0361. The summed E-state index contributed by atoms with van der Waals surface area (Å²) in [5.74, 6) is -0.214. The van der Waals surface area contributed by atoms with Gasteiger partial charge in [-0.25, -0.2) is 4.79 Å². The topological polar surface area (TPSA) is 58.6 Å². The molecule has 0 spiro atoms. The second kappa shape index (κ2) is 7.45. The fourth-order valence-corrected chi connectivity index (χ4v) is 2.36. The summed E-state index contributed by atoms with van der Waals surface area (Å²) in [4.78, 5) is 25.2. The SMILES string of the molecule is C[C@@H](C(=O)NCCN(C)C(=O)OC(C)(C)C)c1ccsc1. The molecular weight excluding hydrogens is 288 g/mol. The zero-order valence-corrected chi connectivity index (χ0v) is 14.1. The van der Waals surface area contributed by atoms with Crippen molar-refractivity contribution >= 4 is 23.3 Å². The molecule has 0 saturated heterocycles. The maximum Gasteiger partial charge on any atom is 0.410 e. The summed E-state index contributed by atoms with van der Waals surface area (Å²) in [6.07, 6.45) is -0.386. The van der Waals surface area contributed by atoms with Crippen molar-refractivity contribution in [1.29, 1.82) is 0 Å². The molecule has 21 heavy (non-hydrogen) atoms. The lowest BCUT2D eigenvalue weighted by Gasteiger charge is -2.24. The number of amides is 2. The molecule has 1 heterocycles. The minimum Gasteiger partial charge on any atom is -0.444 e. The lowest BCUT2D eigenvalue weighted by Crippen LogP contribution is -2.40. The van der Waals surface area contributed by atoms with Crippen molar-refractivity contribution in [3.63, 3.8) is 0 Å². The van der Waals surface area contributed by atoms with Gasteiger partial charge in [0.05, 0.1) is 5.92 Å². The van der Waals surface area contributed by atoms with Crippen molar-refractivity contribution in [3.8, 4) is 0 Å². The minimum atomic E-state index is -0.512. The van der Waals surface area contributed by atoms with Gasteiger partial charge in [-0.3, -0.25) is 4.79 Å². The molecule has 1 N–H and O–H groups in total. The molecule has 0 aliphatic rings. The van der Waals surface area contributed by atoms with E-state index in [1.54, 1.807) is 18.4 Å². The van der Waals surface area contributed by atoms with Crippen LogP contribution in [0.2, 0.25) is 0 Å². The van der Waals surface area contributed by atoms with Crippen molar-refractivity contribution < 1.29 is 14.3 Å². The predicted molar refractivity (Wildman–Crippen MR) is 84.6 cm³/mol. The van der Waals surface area contributed by atoms with E-state index in [0.29, 0.717) is 13.1 Å². The number of thiophene rings is 1. The van der Waals surface area contributed by atoms with E-state index >= 15 is 0 Å². The molecule has 0 aliphatic carbocycles. The van der Waals surface area contributed by atoms with E-state index in [1.165, 1.54) is 4.90 Å². The van der Waals surface area contributed by atoms with E-state index in [4.69, 9.17) is 4.74 Å². The molecule has 0 unspecified atom stereocenters. The summed E-state index contributed by atoms with van der Waals surface area (Å²) >= 11 is 1.57. The molecule has 1 aromatic rings. The average Bonchev–Trinajstić information content (AvgIpc) is 2.89. The summed E-state index contributed by atoms with van der Waals surface area (Å²) in [5.41, 5.74) is 0.500. The van der Waals surface area contributed by atoms with E-state index in [9.17, 15) is 9.59 Å². The van der Waals surface area contributed by atoms with Gasteiger partial charge in [0.15, 0.2) is 0 Å². The predicted octanol–water partition coefficient (Wildman–Crippen LogP) is 2.83. The second-order valence-corrected chi connectivity index (χ2v) is 6.75. The van der Waals surface area contributed by atoms with Gasteiger partial charge in [0.2, 0.25) is 5.91 Å². The summed E-state index contributed by atoms with van der Waals surface area (Å²) in [5, 5.41) is 6.76. The smallest absolute Gasteiger partial charge is 0.410 e. The summed E-state index contributed by atoms with van der Waals surface area (Å²) in [6.45, 7) is 8.16. The normalized spacial score (nSPS) is 12.6. The molecule has 0 radical (unpaired) electrons. The second-order valence-electron chi connectivity index (χ2n) is 5.97. The van der Waals surface area contributed by atoms with Crippen LogP contribution in [0.3, 0.4) is 0 Å². The molecule has 0 aromatic carbocycles. The highest BCUT2D eigenvalue weighted by Crippen LogP contribution is 2.17. The third-order valence-electron chi connectivity index (χ3n) is 2.89. The van der Waals surface area contributed by atoms with E-state index in [0.717, 1.165) is 5.56 Å². The lowest BCUT2D eigenvalue weighted by molar-refractivity contribution is -0.122. The third-order valence-corrected chi connectivity index (χ3v) is 3.59. The molecule has 1 aromatic heterocycles. The van der Waals surface area contributed by atoms with Gasteiger partial charge in [-0.15, -0.1) is 0 Å². The van der Waals surface area contributed by atoms with Crippen LogP contribution >= 0.6 is 11.3 Å². The number of hydrogen-bond acceptors (Lipinski definition) is 4. The van der Waals surface area contributed by atoms with Gasteiger partial charge in [0, 0.05) is 20.1 Å². The molecular formula is C15H24N2O3S. The monoisotopic (exact) mass is 312 g/mol. The van der Waals surface area contributed by atoms with Crippen LogP contribution in [0.5, 0.6) is 0 Å². The zero-order chi connectivity index (χ0) is 16.0. The fraction of sp³-hybridized carbons (Fsp3) is 0.600. The van der Waals surface area contributed by atoms with Gasteiger partial charge >= 0.3 is 6.09 Å². The van der Waals surface area contributed by atoms with Crippen LogP contribution in [0.25, 0.3) is 0 Å². The van der Waals surface area contributed by atoms with Crippen LogP contribution in [0.1, 0.15) is 39.2 Å². The first-order valence-electron chi connectivity index (χ1n) is 6.94. The Morgan fingerprint density at radius 1 is 1.43 bits per heavy atom. The van der Waals surface area contributed by atoms with Crippen molar-refractivity contribution in [2.45, 2.75) is 39.2 Å². The number of ether oxygens (including phenoxy) is 1. The maximum absolute atomic E-state index is 12.0. The Balaban J connectivity index is 2.33. The first-order valence-corrected chi connectivity index (χ1v) is 7.89. The summed E-state index contributed by atoms with van der Waals surface area (Å²) in [6, 6.07) is 1.95. The third kappa shape index (κ3) is 6.16. The number of hydrogen-bond donors (Lipinski definition) is 1. The number of nitrogens with one attached hydrogen (secondary N) is 1. The van der Waals surface area contributed by atoms with Crippen LogP contribution in [0.15, 0.2) is 16.8 Å². The summed E-state index contributed by atoms with van der Waals surface area (Å²) < 4.78 is 5.24. The lowest BCUT2D eigenvalue weighted by atomic mass is 10.0. The van der Waals surface area contributed by atoms with Gasteiger partial charge in [0.25, 0.3) is 0 Å². The largest absolute Gasteiger partial charge is 0.444 e. The molecule has 118 valence electrons. The Labute approximate surface area is 130 Å². The first kappa shape index (κ1) is 17.5. The first-order chi connectivity index (χ1) is 9.70. The number of nitrogens with zero attached hydrogens (tertiary/aromatic N) is 1. The molecule has 2 amide bonds. The number of carbonyl (C=O) groups excluding carboxylic acids is 2. The van der Waals surface area contributed by atoms with Gasteiger partial charge in [0.1, 0.15) is 5.60 Å². The number of likely N-dealkylation sites (N-methyl/N-ethyl adjacent to an activating group) is 1. The van der Waals surface area contributed by atoms with Crippen molar-refractivity contribution in [3.05, 3.63) is 22.4 Å². The highest BCUT2D eigenvalue weighted by Gasteiger charge is 2.20. The Bertz CT molecular complexity index is 466. The van der Waals surface area contributed by atoms with Crippen LogP contribution in [-0.4, -0.2) is 42.6 Å². The quantitative estimate of drug-likeness (QED) is 0.909. The molecule has 1 atom stereocenters. The Morgan fingerprint density at radius 3 is 2.62 bits per heavy atom. The molecule has 0 saturated carbocycles. The molecule has 5 nitrogen and oxygen atoms in total. The highest BCUT2D eigenvalue weighted by atomic mass is 32.1. The van der Waals surface area contributed by atoms with Crippen molar-refractivity contribution in [1.82, 2.24) is 10.2 Å². The van der Waals surface area contributed by atoms with E-state index in [2.05, 4.69) is 5.32 Å². The van der Waals surface area contributed by atoms with Gasteiger partial charge < -0.3 is 15.0 Å². The molecule has 1 rings (SSSR count). The van der Waals surface area contributed by atoms with Crippen LogP contribution in [0.4, 0.5) is 4.79 Å². The standard InChI is InChI=1S/C15H24N2O3S/c1-11(12-6-9-21-10-12)13(18)16-7-8-17(5)14(19)20-15(2,3)4/h6,9-11H,7-8H2,1-5H3,(H,16,18)/t11-/m1/s1. The maximum atomic E-state index is 12.0. The average molecular weight is 312 g/mol. The van der Waals surface area contributed by atoms with E-state index < -0.39 is 5.60 Å². The van der Waals surface area contributed by atoms with Gasteiger partial charge in [-0.2, -0.15) is 11.3 Å². The molecule has 6 heteroatoms. The fourth-order valence-electron chi connectivity index (χ4n) is 1.60. The molecule has 0 fully saturated rings. The zero-order valence-electron chi connectivity index (χ0n) is 13.3. The highest BCUT2D eigenvalue weighted by molar-refractivity contribution is 7.08. The Hall–Kier alpha value is -1.56.